The topological polar surface area (TPSA) is 55.5 Å². The van der Waals surface area contributed by atoms with Gasteiger partial charge in [-0.25, -0.2) is 4.39 Å². The molecule has 0 aromatic heterocycles. The fourth-order valence-electron chi connectivity index (χ4n) is 1.25. The fraction of sp³-hybridized carbons (Fsp3) is 0.400. The summed E-state index contributed by atoms with van der Waals surface area (Å²) in [6.07, 6.45) is 0. The van der Waals surface area contributed by atoms with Crippen LogP contribution in [0.2, 0.25) is 5.02 Å². The molecule has 1 aromatic carbocycles. The van der Waals surface area contributed by atoms with Gasteiger partial charge in [-0.2, -0.15) is 0 Å². The second kappa shape index (κ2) is 5.30. The molecule has 0 bridgehead atoms. The molecule has 0 heterocycles. The molecule has 1 atom stereocenters. The van der Waals surface area contributed by atoms with Gasteiger partial charge in [0, 0.05) is 5.56 Å². The predicted molar refractivity (Wildman–Crippen MR) is 56.6 cm³/mol. The molecule has 0 aliphatic heterocycles. The van der Waals surface area contributed by atoms with Gasteiger partial charge in [-0.15, -0.1) is 0 Å². The second-order valence-electron chi connectivity index (χ2n) is 3.03. The molecule has 1 unspecified atom stereocenters. The van der Waals surface area contributed by atoms with Crippen LogP contribution in [0.5, 0.6) is 5.75 Å². The number of rotatable bonds is 4. The second-order valence-corrected chi connectivity index (χ2v) is 3.44. The summed E-state index contributed by atoms with van der Waals surface area (Å²) < 4.78 is 18.3. The first-order chi connectivity index (χ1) is 7.10. The van der Waals surface area contributed by atoms with Crippen molar-refractivity contribution >= 4 is 11.6 Å². The maximum absolute atomic E-state index is 13.1. The van der Waals surface area contributed by atoms with E-state index in [0.29, 0.717) is 17.9 Å². The van der Waals surface area contributed by atoms with Crippen molar-refractivity contribution in [2.24, 2.45) is 5.73 Å². The molecular weight excluding hydrogens is 221 g/mol. The number of benzene rings is 1. The van der Waals surface area contributed by atoms with Gasteiger partial charge in [0.25, 0.3) is 0 Å². The Morgan fingerprint density at radius 2 is 2.27 bits per heavy atom. The summed E-state index contributed by atoms with van der Waals surface area (Å²) >= 11 is 5.81. The minimum absolute atomic E-state index is 0.163. The van der Waals surface area contributed by atoms with Gasteiger partial charge in [-0.05, 0) is 19.1 Å². The van der Waals surface area contributed by atoms with E-state index < -0.39 is 11.9 Å². The van der Waals surface area contributed by atoms with E-state index in [1.54, 1.807) is 6.92 Å². The fourth-order valence-corrected chi connectivity index (χ4v) is 1.52. The van der Waals surface area contributed by atoms with Crippen LogP contribution >= 0.6 is 11.6 Å². The van der Waals surface area contributed by atoms with E-state index in [0.717, 1.165) is 6.07 Å². The Bertz CT molecular complexity index is 346. The number of nitrogens with two attached hydrogens (primary N) is 1. The normalized spacial score (nSPS) is 12.6. The Hall–Kier alpha value is -0.840. The van der Waals surface area contributed by atoms with Gasteiger partial charge in [0.2, 0.25) is 0 Å². The van der Waals surface area contributed by atoms with Crippen molar-refractivity contribution in [2.45, 2.75) is 13.0 Å². The van der Waals surface area contributed by atoms with Gasteiger partial charge in [0.15, 0.2) is 0 Å². The highest BCUT2D eigenvalue weighted by Crippen LogP contribution is 2.33. The van der Waals surface area contributed by atoms with Crippen LogP contribution in [0.25, 0.3) is 0 Å². The van der Waals surface area contributed by atoms with Crippen molar-refractivity contribution in [3.8, 4) is 5.75 Å². The average molecular weight is 234 g/mol. The molecule has 3 N–H and O–H groups in total. The maximum atomic E-state index is 13.1. The lowest BCUT2D eigenvalue weighted by Gasteiger charge is -2.16. The van der Waals surface area contributed by atoms with E-state index in [4.69, 9.17) is 27.2 Å². The molecule has 0 aliphatic rings. The van der Waals surface area contributed by atoms with Crippen molar-refractivity contribution < 1.29 is 14.2 Å². The van der Waals surface area contributed by atoms with E-state index in [2.05, 4.69) is 0 Å². The van der Waals surface area contributed by atoms with Crippen molar-refractivity contribution in [2.75, 3.05) is 13.2 Å². The number of aliphatic hydroxyl groups excluding tert-OH is 1. The molecule has 84 valence electrons. The summed E-state index contributed by atoms with van der Waals surface area (Å²) in [5.41, 5.74) is 5.99. The molecule has 3 nitrogen and oxygen atoms in total. The van der Waals surface area contributed by atoms with Crippen LogP contribution in [-0.4, -0.2) is 18.3 Å². The third-order valence-electron chi connectivity index (χ3n) is 1.92. The summed E-state index contributed by atoms with van der Waals surface area (Å²) in [6, 6.07) is 1.68. The first kappa shape index (κ1) is 12.2. The highest BCUT2D eigenvalue weighted by atomic mass is 35.5. The van der Waals surface area contributed by atoms with Crippen LogP contribution in [0.15, 0.2) is 12.1 Å². The Labute approximate surface area is 92.6 Å². The number of hydrogen-bond donors (Lipinski definition) is 2. The van der Waals surface area contributed by atoms with E-state index >= 15 is 0 Å². The Morgan fingerprint density at radius 1 is 1.60 bits per heavy atom. The van der Waals surface area contributed by atoms with Crippen LogP contribution < -0.4 is 10.5 Å². The van der Waals surface area contributed by atoms with E-state index in [9.17, 15) is 4.39 Å². The molecule has 5 heteroatoms. The Balaban J connectivity index is 3.20. The number of halogens is 2. The molecule has 1 aromatic rings. The SMILES string of the molecule is CCOc1c(Cl)cc(F)cc1C(N)CO. The van der Waals surface area contributed by atoms with Crippen LogP contribution in [0.4, 0.5) is 4.39 Å². The quantitative estimate of drug-likeness (QED) is 0.835. The molecule has 15 heavy (non-hydrogen) atoms. The third kappa shape index (κ3) is 2.81. The predicted octanol–water partition coefficient (Wildman–Crippen LogP) is 1.87. The van der Waals surface area contributed by atoms with Gasteiger partial charge >= 0.3 is 0 Å². The smallest absolute Gasteiger partial charge is 0.142 e. The summed E-state index contributed by atoms with van der Waals surface area (Å²) in [7, 11) is 0. The van der Waals surface area contributed by atoms with Crippen LogP contribution in [0, 0.1) is 5.82 Å². The van der Waals surface area contributed by atoms with Crippen molar-refractivity contribution in [1.82, 2.24) is 0 Å². The minimum Gasteiger partial charge on any atom is -0.492 e. The van der Waals surface area contributed by atoms with Crippen LogP contribution in [0.3, 0.4) is 0 Å². The summed E-state index contributed by atoms with van der Waals surface area (Å²) in [5.74, 6) is -0.163. The van der Waals surface area contributed by atoms with Gasteiger partial charge in [0.05, 0.1) is 24.3 Å². The zero-order valence-corrected chi connectivity index (χ0v) is 9.09. The lowest BCUT2D eigenvalue weighted by molar-refractivity contribution is 0.261. The van der Waals surface area contributed by atoms with Crippen molar-refractivity contribution in [3.63, 3.8) is 0 Å². The molecule has 0 radical (unpaired) electrons. The first-order valence-corrected chi connectivity index (χ1v) is 4.96. The van der Waals surface area contributed by atoms with Crippen molar-refractivity contribution in [1.29, 1.82) is 0 Å². The van der Waals surface area contributed by atoms with E-state index in [-0.39, 0.29) is 11.6 Å². The minimum atomic E-state index is -0.695. The third-order valence-corrected chi connectivity index (χ3v) is 2.20. The highest BCUT2D eigenvalue weighted by molar-refractivity contribution is 6.32. The number of aliphatic hydroxyl groups is 1. The van der Waals surface area contributed by atoms with Gasteiger partial charge in [-0.1, -0.05) is 11.6 Å². The standard InChI is InChI=1S/C10H13ClFNO2/c1-2-15-10-7(9(13)5-14)3-6(12)4-8(10)11/h3-4,9,14H,2,5,13H2,1H3. The molecule has 0 fully saturated rings. The molecule has 0 spiro atoms. The van der Waals surface area contributed by atoms with Gasteiger partial charge < -0.3 is 15.6 Å². The van der Waals surface area contributed by atoms with E-state index in [1.807, 2.05) is 0 Å². The molecular formula is C10H13ClFNO2. The monoisotopic (exact) mass is 233 g/mol. The molecule has 1 rings (SSSR count). The zero-order chi connectivity index (χ0) is 11.4. The van der Waals surface area contributed by atoms with E-state index in [1.165, 1.54) is 6.07 Å². The lowest BCUT2D eigenvalue weighted by atomic mass is 10.1. The highest BCUT2D eigenvalue weighted by Gasteiger charge is 2.16. The van der Waals surface area contributed by atoms with Gasteiger partial charge in [0.1, 0.15) is 11.6 Å². The van der Waals surface area contributed by atoms with Crippen LogP contribution in [-0.2, 0) is 0 Å². The first-order valence-electron chi connectivity index (χ1n) is 4.58. The summed E-state index contributed by atoms with van der Waals surface area (Å²) in [5, 5.41) is 9.08. The van der Waals surface area contributed by atoms with Crippen LogP contribution in [0.1, 0.15) is 18.5 Å². The Kier molecular flexibility index (Phi) is 4.32. The Morgan fingerprint density at radius 3 is 2.80 bits per heavy atom. The average Bonchev–Trinajstić information content (AvgIpc) is 2.20. The summed E-state index contributed by atoms with van der Waals surface area (Å²) in [4.78, 5) is 0. The van der Waals surface area contributed by atoms with Gasteiger partial charge in [-0.3, -0.25) is 0 Å². The molecule has 0 amide bonds. The molecule has 0 aliphatic carbocycles. The molecule has 0 saturated carbocycles. The van der Waals surface area contributed by atoms with Crippen molar-refractivity contribution in [3.05, 3.63) is 28.5 Å². The number of ether oxygens (including phenoxy) is 1. The summed E-state index contributed by atoms with van der Waals surface area (Å²) in [6.45, 7) is 1.89. The molecule has 0 saturated heterocycles. The number of hydrogen-bond acceptors (Lipinski definition) is 3. The zero-order valence-electron chi connectivity index (χ0n) is 8.34. The largest absolute Gasteiger partial charge is 0.492 e. The lowest BCUT2D eigenvalue weighted by Crippen LogP contribution is -2.16. The maximum Gasteiger partial charge on any atom is 0.142 e.